The van der Waals surface area contributed by atoms with Crippen LogP contribution in [0.5, 0.6) is 5.75 Å². The van der Waals surface area contributed by atoms with E-state index in [1.165, 1.54) is 0 Å². The molecule has 3 aliphatic rings. The number of carbonyl (C=O) groups excluding carboxylic acids is 2. The smallest absolute Gasteiger partial charge is 0.320 e. The van der Waals surface area contributed by atoms with Crippen molar-refractivity contribution in [1.29, 1.82) is 0 Å². The van der Waals surface area contributed by atoms with Gasteiger partial charge in [0.05, 0.1) is 18.6 Å². The molecule has 2 heterocycles. The molecule has 0 bridgehead atoms. The average Bonchev–Trinajstić information content (AvgIpc) is 3.28. The number of piperidine rings is 1. The van der Waals surface area contributed by atoms with Gasteiger partial charge in [0.2, 0.25) is 5.91 Å². The van der Waals surface area contributed by atoms with Crippen molar-refractivity contribution >= 4 is 11.9 Å². The lowest BCUT2D eigenvalue weighted by molar-refractivity contribution is -0.127. The Bertz CT molecular complexity index is 710. The molecule has 1 aromatic rings. The van der Waals surface area contributed by atoms with Gasteiger partial charge in [0.15, 0.2) is 0 Å². The fourth-order valence-corrected chi connectivity index (χ4v) is 4.34. The third-order valence-corrected chi connectivity index (χ3v) is 6.17. The van der Waals surface area contributed by atoms with Crippen LogP contribution in [0.4, 0.5) is 4.79 Å². The molecular weight excluding hydrogens is 342 g/mol. The second-order valence-corrected chi connectivity index (χ2v) is 8.07. The zero-order valence-electron chi connectivity index (χ0n) is 16.1. The summed E-state index contributed by atoms with van der Waals surface area (Å²) in [7, 11) is 1.66. The molecule has 6 nitrogen and oxygen atoms in total. The van der Waals surface area contributed by atoms with Gasteiger partial charge in [-0.3, -0.25) is 4.79 Å². The van der Waals surface area contributed by atoms with Gasteiger partial charge in [0.25, 0.3) is 0 Å². The Labute approximate surface area is 160 Å². The van der Waals surface area contributed by atoms with Gasteiger partial charge in [-0.2, -0.15) is 0 Å². The quantitative estimate of drug-likeness (QED) is 0.885. The van der Waals surface area contributed by atoms with Crippen molar-refractivity contribution < 1.29 is 14.3 Å². The molecule has 1 atom stereocenters. The zero-order chi connectivity index (χ0) is 18.9. The van der Waals surface area contributed by atoms with E-state index in [2.05, 4.69) is 11.4 Å². The topological polar surface area (TPSA) is 61.9 Å². The molecule has 0 aromatic heterocycles. The van der Waals surface area contributed by atoms with Crippen molar-refractivity contribution in [2.24, 2.45) is 5.92 Å². The molecule has 1 saturated carbocycles. The number of methoxy groups -OCH3 is 1. The largest absolute Gasteiger partial charge is 0.497 e. The molecule has 1 aromatic carbocycles. The molecule has 0 radical (unpaired) electrons. The summed E-state index contributed by atoms with van der Waals surface area (Å²) in [6.45, 7) is 3.01. The van der Waals surface area contributed by atoms with E-state index in [-0.39, 0.29) is 23.4 Å². The first-order valence-electron chi connectivity index (χ1n) is 10.1. The summed E-state index contributed by atoms with van der Waals surface area (Å²) in [4.78, 5) is 29.5. The van der Waals surface area contributed by atoms with Gasteiger partial charge >= 0.3 is 6.03 Å². The number of carbonyl (C=O) groups is 2. The van der Waals surface area contributed by atoms with Gasteiger partial charge in [0.1, 0.15) is 5.75 Å². The highest BCUT2D eigenvalue weighted by atomic mass is 16.5. The van der Waals surface area contributed by atoms with Gasteiger partial charge < -0.3 is 19.9 Å². The van der Waals surface area contributed by atoms with Crippen molar-refractivity contribution in [2.45, 2.75) is 44.1 Å². The highest BCUT2D eigenvalue weighted by molar-refractivity contribution is 5.82. The summed E-state index contributed by atoms with van der Waals surface area (Å²) in [5, 5.41) is 3.29. The fourth-order valence-electron chi connectivity index (χ4n) is 4.34. The second-order valence-electron chi connectivity index (χ2n) is 8.07. The molecule has 4 rings (SSSR count). The van der Waals surface area contributed by atoms with E-state index >= 15 is 0 Å². The van der Waals surface area contributed by atoms with Crippen LogP contribution in [0.25, 0.3) is 0 Å². The van der Waals surface area contributed by atoms with Crippen LogP contribution in [0.1, 0.15) is 44.1 Å². The maximum Gasteiger partial charge on any atom is 0.320 e. The Morgan fingerprint density at radius 1 is 1.11 bits per heavy atom. The number of likely N-dealkylation sites (tertiary alicyclic amines) is 2. The monoisotopic (exact) mass is 371 g/mol. The van der Waals surface area contributed by atoms with Crippen LogP contribution in [0, 0.1) is 5.92 Å². The molecule has 2 aliphatic heterocycles. The Morgan fingerprint density at radius 2 is 1.85 bits per heavy atom. The number of urea groups is 1. The van der Waals surface area contributed by atoms with Gasteiger partial charge in [-0.05, 0) is 56.2 Å². The number of nitrogens with zero attached hydrogens (tertiary/aromatic N) is 2. The number of amides is 3. The minimum atomic E-state index is -0.257. The first-order chi connectivity index (χ1) is 13.1. The van der Waals surface area contributed by atoms with Crippen LogP contribution in [0.15, 0.2) is 24.3 Å². The van der Waals surface area contributed by atoms with E-state index in [0.717, 1.165) is 69.5 Å². The third-order valence-electron chi connectivity index (χ3n) is 6.17. The van der Waals surface area contributed by atoms with Gasteiger partial charge in [-0.25, -0.2) is 4.79 Å². The molecule has 27 heavy (non-hydrogen) atoms. The van der Waals surface area contributed by atoms with Crippen molar-refractivity contribution in [1.82, 2.24) is 15.1 Å². The van der Waals surface area contributed by atoms with E-state index < -0.39 is 0 Å². The normalized spacial score (nSPS) is 23.8. The van der Waals surface area contributed by atoms with E-state index in [0.29, 0.717) is 6.54 Å². The summed E-state index contributed by atoms with van der Waals surface area (Å²) >= 11 is 0. The van der Waals surface area contributed by atoms with Crippen LogP contribution in [-0.4, -0.2) is 55.0 Å². The molecule has 1 N–H and O–H groups in total. The van der Waals surface area contributed by atoms with Gasteiger partial charge in [-0.15, -0.1) is 0 Å². The number of ether oxygens (including phenoxy) is 1. The lowest BCUT2D eigenvalue weighted by Crippen LogP contribution is -2.50. The summed E-state index contributed by atoms with van der Waals surface area (Å²) in [6.07, 6.45) is 5.83. The number of hydrogen-bond acceptors (Lipinski definition) is 3. The molecule has 0 spiro atoms. The zero-order valence-corrected chi connectivity index (χ0v) is 16.1. The number of hydrogen-bond donors (Lipinski definition) is 1. The number of rotatable bonds is 4. The van der Waals surface area contributed by atoms with Gasteiger partial charge in [0, 0.05) is 26.2 Å². The number of nitrogens with one attached hydrogen (secondary N) is 1. The predicted octanol–water partition coefficient (Wildman–Crippen LogP) is 2.73. The Kier molecular flexibility index (Phi) is 4.98. The summed E-state index contributed by atoms with van der Waals surface area (Å²) < 4.78 is 5.33. The molecule has 146 valence electrons. The third kappa shape index (κ3) is 3.75. The highest BCUT2D eigenvalue weighted by Gasteiger charge is 2.47. The molecule has 3 fully saturated rings. The van der Waals surface area contributed by atoms with Crippen molar-refractivity contribution in [3.63, 3.8) is 0 Å². The van der Waals surface area contributed by atoms with Crippen molar-refractivity contribution in [3.05, 3.63) is 29.8 Å². The standard InChI is InChI=1S/C21H29N3O3/c1-27-18-8-4-7-17(14-18)21(9-10-21)22-19(25)16-6-5-13-24(15-16)20(26)23-11-2-3-12-23/h4,7-8,14,16H,2-3,5-6,9-13,15H2,1H3,(H,22,25). The van der Waals surface area contributed by atoms with Crippen molar-refractivity contribution in [3.8, 4) is 5.75 Å². The first-order valence-corrected chi connectivity index (χ1v) is 10.1. The molecule has 3 amide bonds. The van der Waals surface area contributed by atoms with Crippen LogP contribution >= 0.6 is 0 Å². The van der Waals surface area contributed by atoms with Crippen LogP contribution in [0.2, 0.25) is 0 Å². The number of benzene rings is 1. The average molecular weight is 371 g/mol. The van der Waals surface area contributed by atoms with E-state index in [9.17, 15) is 9.59 Å². The van der Waals surface area contributed by atoms with Crippen LogP contribution in [0.3, 0.4) is 0 Å². The Hall–Kier alpha value is -2.24. The van der Waals surface area contributed by atoms with E-state index in [4.69, 9.17) is 4.74 Å². The summed E-state index contributed by atoms with van der Waals surface area (Å²) in [6, 6.07) is 8.07. The van der Waals surface area contributed by atoms with Crippen LogP contribution < -0.4 is 10.1 Å². The van der Waals surface area contributed by atoms with E-state index in [1.54, 1.807) is 7.11 Å². The molecular formula is C21H29N3O3. The van der Waals surface area contributed by atoms with Gasteiger partial charge in [-0.1, -0.05) is 12.1 Å². The molecule has 1 aliphatic carbocycles. The van der Waals surface area contributed by atoms with Crippen molar-refractivity contribution in [2.75, 3.05) is 33.3 Å². The fraction of sp³-hybridized carbons (Fsp3) is 0.619. The Morgan fingerprint density at radius 3 is 2.56 bits per heavy atom. The van der Waals surface area contributed by atoms with E-state index in [1.807, 2.05) is 28.0 Å². The SMILES string of the molecule is COc1cccc(C2(NC(=O)C3CCCN(C(=O)N4CCCC4)C3)CC2)c1. The van der Waals surface area contributed by atoms with Crippen LogP contribution in [-0.2, 0) is 10.3 Å². The minimum Gasteiger partial charge on any atom is -0.497 e. The first kappa shape index (κ1) is 18.1. The maximum absolute atomic E-state index is 13.0. The second kappa shape index (κ2) is 7.41. The lowest BCUT2D eigenvalue weighted by Gasteiger charge is -2.35. The lowest BCUT2D eigenvalue weighted by atomic mass is 9.95. The highest BCUT2D eigenvalue weighted by Crippen LogP contribution is 2.46. The Balaban J connectivity index is 1.39. The minimum absolute atomic E-state index is 0.0780. The molecule has 6 heteroatoms. The molecule has 2 saturated heterocycles. The summed E-state index contributed by atoms with van der Waals surface area (Å²) in [5.74, 6) is 0.774. The maximum atomic E-state index is 13.0. The predicted molar refractivity (Wildman–Crippen MR) is 103 cm³/mol. The molecule has 1 unspecified atom stereocenters. The summed E-state index contributed by atoms with van der Waals surface area (Å²) in [5.41, 5.74) is 0.850.